The second kappa shape index (κ2) is 6.01. The van der Waals surface area contributed by atoms with Gasteiger partial charge < -0.3 is 10.2 Å². The van der Waals surface area contributed by atoms with Crippen LogP contribution in [0.15, 0.2) is 30.3 Å². The van der Waals surface area contributed by atoms with Crippen LogP contribution in [0.4, 0.5) is 0 Å². The van der Waals surface area contributed by atoms with Gasteiger partial charge in [-0.25, -0.2) is 0 Å². The Labute approximate surface area is 109 Å². The highest BCUT2D eigenvalue weighted by Crippen LogP contribution is 2.19. The summed E-state index contributed by atoms with van der Waals surface area (Å²) < 4.78 is 0. The monoisotopic (exact) mass is 246 g/mol. The lowest BCUT2D eigenvalue weighted by molar-refractivity contribution is -0.135. The summed E-state index contributed by atoms with van der Waals surface area (Å²) >= 11 is 0. The molecule has 0 saturated carbocycles. The average Bonchev–Trinajstić information content (AvgIpc) is 2.39. The van der Waals surface area contributed by atoms with E-state index >= 15 is 0 Å². The molecule has 1 aliphatic rings. The fourth-order valence-corrected chi connectivity index (χ4v) is 2.60. The zero-order valence-electron chi connectivity index (χ0n) is 11.2. The number of piperidine rings is 1. The number of nitrogens with one attached hydrogen (secondary N) is 1. The Morgan fingerprint density at radius 1 is 1.39 bits per heavy atom. The summed E-state index contributed by atoms with van der Waals surface area (Å²) in [6, 6.07) is 10.6. The minimum absolute atomic E-state index is 0.190. The van der Waals surface area contributed by atoms with Gasteiger partial charge in [-0.1, -0.05) is 30.3 Å². The van der Waals surface area contributed by atoms with Gasteiger partial charge in [0.1, 0.15) is 0 Å². The van der Waals surface area contributed by atoms with Crippen molar-refractivity contribution in [2.75, 3.05) is 13.6 Å². The van der Waals surface area contributed by atoms with Gasteiger partial charge in [0.05, 0.1) is 0 Å². The highest BCUT2D eigenvalue weighted by Gasteiger charge is 2.26. The molecule has 98 valence electrons. The number of nitrogens with zero attached hydrogens (tertiary/aromatic N) is 1. The topological polar surface area (TPSA) is 32.3 Å². The summed E-state index contributed by atoms with van der Waals surface area (Å²) in [5, 5.41) is 3.38. The lowest BCUT2D eigenvalue weighted by Gasteiger charge is -2.30. The van der Waals surface area contributed by atoms with Crippen molar-refractivity contribution < 1.29 is 4.79 Å². The molecule has 1 aliphatic heterocycles. The first kappa shape index (κ1) is 13.1. The van der Waals surface area contributed by atoms with Crippen LogP contribution in [0.1, 0.15) is 25.3 Å². The number of carbonyl (C=O) groups is 1. The van der Waals surface area contributed by atoms with Crippen molar-refractivity contribution >= 4 is 5.91 Å². The van der Waals surface area contributed by atoms with Gasteiger partial charge in [-0.05, 0) is 31.9 Å². The Kier molecular flexibility index (Phi) is 4.37. The molecule has 1 heterocycles. The van der Waals surface area contributed by atoms with E-state index in [9.17, 15) is 4.79 Å². The van der Waals surface area contributed by atoms with Gasteiger partial charge in [0.2, 0.25) is 5.91 Å². The molecule has 0 radical (unpaired) electrons. The van der Waals surface area contributed by atoms with Crippen LogP contribution in [0.3, 0.4) is 0 Å². The molecule has 1 N–H and O–H groups in total. The maximum absolute atomic E-state index is 12.3. The van der Waals surface area contributed by atoms with Crippen LogP contribution in [0, 0.1) is 5.92 Å². The Hall–Kier alpha value is -1.35. The molecule has 0 aliphatic carbocycles. The molecule has 2 unspecified atom stereocenters. The normalized spacial score (nSPS) is 23.7. The molecule has 0 bridgehead atoms. The Morgan fingerprint density at radius 3 is 2.78 bits per heavy atom. The van der Waals surface area contributed by atoms with E-state index in [0.29, 0.717) is 12.6 Å². The van der Waals surface area contributed by atoms with Gasteiger partial charge in [-0.3, -0.25) is 4.79 Å². The molecule has 18 heavy (non-hydrogen) atoms. The second-order valence-electron chi connectivity index (χ2n) is 5.26. The molecule has 1 amide bonds. The highest BCUT2D eigenvalue weighted by molar-refractivity contribution is 5.78. The molecule has 1 saturated heterocycles. The molecule has 3 heteroatoms. The fraction of sp³-hybridized carbons (Fsp3) is 0.533. The standard InChI is InChI=1S/C15H22N2O/c1-12-10-14(8-9-16-12)15(18)17(2)11-13-6-4-3-5-7-13/h3-7,12,14,16H,8-11H2,1-2H3. The minimum Gasteiger partial charge on any atom is -0.341 e. The summed E-state index contributed by atoms with van der Waals surface area (Å²) in [5.74, 6) is 0.474. The Bertz CT molecular complexity index is 391. The van der Waals surface area contributed by atoms with Crippen LogP contribution in [-0.2, 0) is 11.3 Å². The third kappa shape index (κ3) is 3.33. The number of benzene rings is 1. The van der Waals surface area contributed by atoms with Gasteiger partial charge in [0.25, 0.3) is 0 Å². The van der Waals surface area contributed by atoms with Gasteiger partial charge in [-0.2, -0.15) is 0 Å². The van der Waals surface area contributed by atoms with Gasteiger partial charge >= 0.3 is 0 Å². The summed E-state index contributed by atoms with van der Waals surface area (Å²) in [4.78, 5) is 14.2. The maximum atomic E-state index is 12.3. The average molecular weight is 246 g/mol. The summed E-state index contributed by atoms with van der Waals surface area (Å²) in [5.41, 5.74) is 1.19. The summed E-state index contributed by atoms with van der Waals surface area (Å²) in [6.07, 6.45) is 1.92. The van der Waals surface area contributed by atoms with E-state index in [1.807, 2.05) is 30.1 Å². The van der Waals surface area contributed by atoms with Gasteiger partial charge in [0.15, 0.2) is 0 Å². The molecule has 0 aromatic heterocycles. The van der Waals surface area contributed by atoms with E-state index in [0.717, 1.165) is 19.4 Å². The number of amides is 1. The largest absolute Gasteiger partial charge is 0.341 e. The van der Waals surface area contributed by atoms with E-state index < -0.39 is 0 Å². The predicted octanol–water partition coefficient (Wildman–Crippen LogP) is 2.03. The van der Waals surface area contributed by atoms with Crippen LogP contribution in [0.2, 0.25) is 0 Å². The van der Waals surface area contributed by atoms with Crippen molar-refractivity contribution in [3.8, 4) is 0 Å². The molecule has 1 aromatic carbocycles. The summed E-state index contributed by atoms with van der Waals surface area (Å²) in [6.45, 7) is 3.81. The number of carbonyl (C=O) groups excluding carboxylic acids is 1. The van der Waals surface area contributed by atoms with Crippen LogP contribution in [0.25, 0.3) is 0 Å². The van der Waals surface area contributed by atoms with E-state index in [4.69, 9.17) is 0 Å². The number of rotatable bonds is 3. The van der Waals surface area contributed by atoms with Crippen molar-refractivity contribution in [3.63, 3.8) is 0 Å². The molecular weight excluding hydrogens is 224 g/mol. The van der Waals surface area contributed by atoms with Crippen LogP contribution < -0.4 is 5.32 Å². The van der Waals surface area contributed by atoms with Crippen molar-refractivity contribution in [2.24, 2.45) is 5.92 Å². The quantitative estimate of drug-likeness (QED) is 0.885. The zero-order chi connectivity index (χ0) is 13.0. The van der Waals surface area contributed by atoms with Gasteiger partial charge in [0, 0.05) is 25.6 Å². The minimum atomic E-state index is 0.190. The molecule has 2 atom stereocenters. The first-order valence-electron chi connectivity index (χ1n) is 6.69. The number of hydrogen-bond donors (Lipinski definition) is 1. The maximum Gasteiger partial charge on any atom is 0.225 e. The smallest absolute Gasteiger partial charge is 0.225 e. The molecule has 0 spiro atoms. The van der Waals surface area contributed by atoms with Crippen LogP contribution in [-0.4, -0.2) is 30.4 Å². The first-order chi connectivity index (χ1) is 8.66. The lowest BCUT2D eigenvalue weighted by Crippen LogP contribution is -2.42. The van der Waals surface area contributed by atoms with E-state index in [-0.39, 0.29) is 11.8 Å². The first-order valence-corrected chi connectivity index (χ1v) is 6.69. The van der Waals surface area contributed by atoms with Gasteiger partial charge in [-0.15, -0.1) is 0 Å². The van der Waals surface area contributed by atoms with Crippen LogP contribution >= 0.6 is 0 Å². The van der Waals surface area contributed by atoms with Crippen molar-refractivity contribution in [1.82, 2.24) is 10.2 Å². The van der Waals surface area contributed by atoms with Crippen molar-refractivity contribution in [3.05, 3.63) is 35.9 Å². The fourth-order valence-electron chi connectivity index (χ4n) is 2.60. The Balaban J connectivity index is 1.92. The van der Waals surface area contributed by atoms with Crippen molar-refractivity contribution in [2.45, 2.75) is 32.4 Å². The van der Waals surface area contributed by atoms with Crippen molar-refractivity contribution in [1.29, 1.82) is 0 Å². The van der Waals surface area contributed by atoms with E-state index in [1.165, 1.54) is 5.56 Å². The molecule has 3 nitrogen and oxygen atoms in total. The summed E-state index contributed by atoms with van der Waals surface area (Å²) in [7, 11) is 1.90. The molecule has 1 aromatic rings. The zero-order valence-corrected chi connectivity index (χ0v) is 11.2. The van der Waals surface area contributed by atoms with Crippen LogP contribution in [0.5, 0.6) is 0 Å². The number of hydrogen-bond acceptors (Lipinski definition) is 2. The third-order valence-corrected chi connectivity index (χ3v) is 3.61. The molecule has 1 fully saturated rings. The molecule has 2 rings (SSSR count). The second-order valence-corrected chi connectivity index (χ2v) is 5.26. The molecular formula is C15H22N2O. The SMILES string of the molecule is CC1CC(C(=O)N(C)Cc2ccccc2)CCN1. The lowest BCUT2D eigenvalue weighted by atomic mass is 9.92. The van der Waals surface area contributed by atoms with E-state index in [1.54, 1.807) is 0 Å². The highest BCUT2D eigenvalue weighted by atomic mass is 16.2. The predicted molar refractivity (Wildman–Crippen MR) is 73.1 cm³/mol. The third-order valence-electron chi connectivity index (χ3n) is 3.61. The van der Waals surface area contributed by atoms with E-state index in [2.05, 4.69) is 24.4 Å². The Morgan fingerprint density at radius 2 is 2.11 bits per heavy atom.